The predicted octanol–water partition coefficient (Wildman–Crippen LogP) is 6.38. The lowest BCUT2D eigenvalue weighted by Gasteiger charge is -2.31. The number of benzene rings is 3. The number of rotatable bonds is 12. The summed E-state index contributed by atoms with van der Waals surface area (Å²) in [4.78, 5) is 39.9. The highest BCUT2D eigenvalue weighted by molar-refractivity contribution is 6.02. The zero-order chi connectivity index (χ0) is 29.1. The van der Waals surface area contributed by atoms with E-state index in [1.165, 1.54) is 4.90 Å². The van der Waals surface area contributed by atoms with Crippen LogP contribution in [0, 0.1) is 11.3 Å². The molecule has 1 atom stereocenters. The van der Waals surface area contributed by atoms with Gasteiger partial charge in [-0.05, 0) is 72.0 Å². The molecule has 4 N–H and O–H groups in total. The Kier molecular flexibility index (Phi) is 11.0. The molecule has 0 aliphatic rings. The molecule has 3 amide bonds. The minimum Gasteiger partial charge on any atom is -0.481 e. The first-order chi connectivity index (χ1) is 19.1. The maximum absolute atomic E-state index is 13.7. The Balaban J connectivity index is 1.70. The summed E-state index contributed by atoms with van der Waals surface area (Å²) in [5, 5.41) is 12.4. The summed E-state index contributed by atoms with van der Waals surface area (Å²) >= 11 is 0. The molecule has 0 aliphatic heterocycles. The van der Waals surface area contributed by atoms with Gasteiger partial charge in [-0.1, -0.05) is 87.5 Å². The van der Waals surface area contributed by atoms with Gasteiger partial charge < -0.3 is 16.2 Å². The van der Waals surface area contributed by atoms with Crippen LogP contribution < -0.4 is 11.1 Å². The maximum atomic E-state index is 13.7. The number of carboxylic acids is 1. The summed E-state index contributed by atoms with van der Waals surface area (Å²) in [5.74, 6) is -2.33. The fraction of sp³-hybridized carbons (Fsp3) is 0.364. The molecule has 0 saturated carbocycles. The lowest BCUT2D eigenvalue weighted by atomic mass is 9.92. The van der Waals surface area contributed by atoms with E-state index in [0.29, 0.717) is 37.9 Å². The number of amides is 3. The van der Waals surface area contributed by atoms with Crippen molar-refractivity contribution in [3.63, 3.8) is 0 Å². The molecule has 212 valence electrons. The summed E-state index contributed by atoms with van der Waals surface area (Å²) in [7, 11) is 0. The van der Waals surface area contributed by atoms with Crippen LogP contribution in [0.25, 0.3) is 11.1 Å². The van der Waals surface area contributed by atoms with Gasteiger partial charge in [-0.2, -0.15) is 0 Å². The quantitative estimate of drug-likeness (QED) is 0.246. The number of nitrogens with two attached hydrogens (primary N) is 1. The molecule has 0 aromatic heterocycles. The molecule has 0 aliphatic carbocycles. The van der Waals surface area contributed by atoms with Crippen molar-refractivity contribution in [1.29, 1.82) is 0 Å². The van der Waals surface area contributed by atoms with Gasteiger partial charge in [-0.3, -0.25) is 14.5 Å². The molecule has 1 unspecified atom stereocenters. The molecule has 0 heterocycles. The minimum absolute atomic E-state index is 0.164. The van der Waals surface area contributed by atoms with Crippen molar-refractivity contribution in [1.82, 2.24) is 4.90 Å². The highest BCUT2D eigenvalue weighted by Crippen LogP contribution is 2.24. The van der Waals surface area contributed by atoms with E-state index in [4.69, 9.17) is 5.73 Å². The van der Waals surface area contributed by atoms with E-state index >= 15 is 0 Å². The van der Waals surface area contributed by atoms with Crippen LogP contribution in [0.4, 0.5) is 10.5 Å². The number of hydrogen-bond donors (Lipinski definition) is 3. The Morgan fingerprint density at radius 2 is 1.55 bits per heavy atom. The van der Waals surface area contributed by atoms with Crippen molar-refractivity contribution < 1.29 is 19.5 Å². The van der Waals surface area contributed by atoms with Crippen molar-refractivity contribution >= 4 is 23.6 Å². The Labute approximate surface area is 237 Å². The summed E-state index contributed by atoms with van der Waals surface area (Å²) in [6.07, 6.45) is 2.04. The SMILES string of the molecule is CC(C)(C)CN(C(=O)Nc1cccc(CCN)c1)C(=O)C(CCCc1ccc(-c2ccccc2)cc1)CC(=O)O. The molecular weight excluding hydrogens is 502 g/mol. The average molecular weight is 544 g/mol. The molecule has 3 aromatic rings. The van der Waals surface area contributed by atoms with Crippen LogP contribution in [0.5, 0.6) is 0 Å². The van der Waals surface area contributed by atoms with Crippen molar-refractivity contribution in [3.05, 3.63) is 90.0 Å². The van der Waals surface area contributed by atoms with Crippen molar-refractivity contribution in [2.45, 2.75) is 52.9 Å². The van der Waals surface area contributed by atoms with Gasteiger partial charge in [0, 0.05) is 18.2 Å². The number of aliphatic carboxylic acids is 1. The maximum Gasteiger partial charge on any atom is 0.328 e. The number of carbonyl (C=O) groups is 3. The van der Waals surface area contributed by atoms with Crippen LogP contribution in [0.15, 0.2) is 78.9 Å². The van der Waals surface area contributed by atoms with E-state index in [-0.39, 0.29) is 18.4 Å². The van der Waals surface area contributed by atoms with E-state index in [2.05, 4.69) is 41.7 Å². The van der Waals surface area contributed by atoms with Gasteiger partial charge in [0.1, 0.15) is 0 Å². The lowest BCUT2D eigenvalue weighted by Crippen LogP contribution is -2.47. The minimum atomic E-state index is -1.06. The third-order valence-corrected chi connectivity index (χ3v) is 6.60. The van der Waals surface area contributed by atoms with Gasteiger partial charge in [0.15, 0.2) is 0 Å². The number of nitrogens with zero attached hydrogens (tertiary/aromatic N) is 1. The van der Waals surface area contributed by atoms with E-state index in [1.54, 1.807) is 6.07 Å². The molecule has 3 rings (SSSR count). The number of aryl methyl sites for hydroxylation is 1. The molecule has 40 heavy (non-hydrogen) atoms. The first kappa shape index (κ1) is 30.6. The van der Waals surface area contributed by atoms with Crippen LogP contribution in [0.2, 0.25) is 0 Å². The van der Waals surface area contributed by atoms with Crippen LogP contribution in [0.3, 0.4) is 0 Å². The molecule has 3 aromatic carbocycles. The molecule has 0 radical (unpaired) electrons. The monoisotopic (exact) mass is 543 g/mol. The summed E-state index contributed by atoms with van der Waals surface area (Å²) in [6.45, 7) is 6.46. The number of urea groups is 1. The largest absolute Gasteiger partial charge is 0.481 e. The molecule has 0 bridgehead atoms. The van der Waals surface area contributed by atoms with Crippen molar-refractivity contribution in [2.24, 2.45) is 17.1 Å². The number of anilines is 1. The molecule has 7 heteroatoms. The number of hydrogen-bond acceptors (Lipinski definition) is 4. The van der Waals surface area contributed by atoms with Crippen LogP contribution in [-0.2, 0) is 22.4 Å². The zero-order valence-electron chi connectivity index (χ0n) is 23.7. The van der Waals surface area contributed by atoms with Gasteiger partial charge in [-0.15, -0.1) is 0 Å². The Bertz CT molecular complexity index is 1270. The third-order valence-electron chi connectivity index (χ3n) is 6.60. The fourth-order valence-corrected chi connectivity index (χ4v) is 4.68. The van der Waals surface area contributed by atoms with Crippen LogP contribution >= 0.6 is 0 Å². The van der Waals surface area contributed by atoms with Gasteiger partial charge in [-0.25, -0.2) is 4.79 Å². The molecule has 7 nitrogen and oxygen atoms in total. The second-order valence-electron chi connectivity index (χ2n) is 11.4. The van der Waals surface area contributed by atoms with E-state index < -0.39 is 23.8 Å². The molecule has 0 saturated heterocycles. The predicted molar refractivity (Wildman–Crippen MR) is 160 cm³/mol. The van der Waals surface area contributed by atoms with Gasteiger partial charge >= 0.3 is 12.0 Å². The Morgan fingerprint density at radius 3 is 2.17 bits per heavy atom. The van der Waals surface area contributed by atoms with E-state index in [9.17, 15) is 19.5 Å². The average Bonchev–Trinajstić information content (AvgIpc) is 2.91. The lowest BCUT2D eigenvalue weighted by molar-refractivity contribution is -0.143. The first-order valence-corrected chi connectivity index (χ1v) is 13.8. The smallest absolute Gasteiger partial charge is 0.328 e. The number of carboxylic acid groups (broad SMARTS) is 1. The number of nitrogens with one attached hydrogen (secondary N) is 1. The Morgan fingerprint density at radius 1 is 0.875 bits per heavy atom. The number of carbonyl (C=O) groups excluding carboxylic acids is 2. The topological polar surface area (TPSA) is 113 Å². The summed E-state index contributed by atoms with van der Waals surface area (Å²) in [6, 6.07) is 25.2. The second kappa shape index (κ2) is 14.4. The molecule has 0 spiro atoms. The van der Waals surface area contributed by atoms with Crippen molar-refractivity contribution in [3.8, 4) is 11.1 Å². The van der Waals surface area contributed by atoms with Crippen LogP contribution in [-0.4, -0.2) is 41.0 Å². The standard InChI is InChI=1S/C33H41N3O4/c1-33(2,3)23-36(32(40)35-29-14-8-10-25(21-29)19-20-34)31(39)28(22-30(37)38)13-7-9-24-15-17-27(18-16-24)26-11-5-4-6-12-26/h4-6,8,10-12,14-18,21,28H,7,9,13,19-20,22-23,34H2,1-3H3,(H,35,40)(H,37,38). The fourth-order valence-electron chi connectivity index (χ4n) is 4.68. The first-order valence-electron chi connectivity index (χ1n) is 13.8. The normalized spacial score (nSPS) is 12.0. The summed E-state index contributed by atoms with van der Waals surface area (Å²) < 4.78 is 0. The molecule has 0 fully saturated rings. The van der Waals surface area contributed by atoms with E-state index in [1.807, 2.05) is 57.2 Å². The zero-order valence-corrected chi connectivity index (χ0v) is 23.7. The highest BCUT2D eigenvalue weighted by Gasteiger charge is 2.33. The van der Waals surface area contributed by atoms with Gasteiger partial charge in [0.25, 0.3) is 0 Å². The third kappa shape index (κ3) is 9.65. The van der Waals surface area contributed by atoms with Gasteiger partial charge in [0.2, 0.25) is 5.91 Å². The van der Waals surface area contributed by atoms with Gasteiger partial charge in [0.05, 0.1) is 6.42 Å². The highest BCUT2D eigenvalue weighted by atomic mass is 16.4. The van der Waals surface area contributed by atoms with Crippen LogP contribution in [0.1, 0.15) is 51.2 Å². The van der Waals surface area contributed by atoms with Crippen molar-refractivity contribution in [2.75, 3.05) is 18.4 Å². The second-order valence-corrected chi connectivity index (χ2v) is 11.4. The van der Waals surface area contributed by atoms with E-state index in [0.717, 1.165) is 22.3 Å². The molecular formula is C33H41N3O4. The number of imide groups is 1. The summed E-state index contributed by atoms with van der Waals surface area (Å²) in [5.41, 5.74) is 10.2. The Hall–Kier alpha value is -3.97.